The number of methoxy groups -OCH3 is 1. The number of hydrogen-bond donors (Lipinski definition) is 1. The number of aromatic nitrogens is 2. The van der Waals surface area contributed by atoms with E-state index in [1.54, 1.807) is 21.0 Å². The Balaban J connectivity index is 2.69. The van der Waals surface area contributed by atoms with Crippen LogP contribution < -0.4 is 15.4 Å². The minimum Gasteiger partial charge on any atom is -0.491 e. The van der Waals surface area contributed by atoms with Gasteiger partial charge in [-0.15, -0.1) is 0 Å². The lowest BCUT2D eigenvalue weighted by molar-refractivity contribution is 0.0515. The average molecular weight is 369 g/mol. The number of carbonyl (C=O) groups excluding carboxylic acids is 1. The van der Waals surface area contributed by atoms with Crippen LogP contribution in [0.2, 0.25) is 5.02 Å². The first-order valence-corrected chi connectivity index (χ1v) is 7.73. The molecule has 0 aliphatic heterocycles. The lowest BCUT2D eigenvalue weighted by Crippen LogP contribution is -2.14. The van der Waals surface area contributed by atoms with Crippen LogP contribution in [-0.4, -0.2) is 43.7 Å². The molecule has 0 spiro atoms. The Kier molecular flexibility index (Phi) is 5.63. The van der Waals surface area contributed by atoms with Crippen LogP contribution in [0, 0.1) is 5.82 Å². The van der Waals surface area contributed by atoms with Crippen molar-refractivity contribution >= 4 is 29.1 Å². The number of halogens is 2. The molecular weight excluding hydrogens is 351 g/mol. The van der Waals surface area contributed by atoms with Gasteiger partial charge in [0.25, 0.3) is 0 Å². The molecule has 0 amide bonds. The van der Waals surface area contributed by atoms with Gasteiger partial charge < -0.3 is 20.1 Å². The van der Waals surface area contributed by atoms with Gasteiger partial charge in [-0.25, -0.2) is 19.2 Å². The summed E-state index contributed by atoms with van der Waals surface area (Å²) in [6, 6.07) is 2.93. The molecule has 0 saturated carbocycles. The van der Waals surface area contributed by atoms with Crippen LogP contribution in [0.1, 0.15) is 17.4 Å². The summed E-state index contributed by atoms with van der Waals surface area (Å²) in [5, 5.41) is 0.235. The number of nitrogen functional groups attached to an aromatic ring is 1. The summed E-state index contributed by atoms with van der Waals surface area (Å²) in [6.45, 7) is 1.79. The van der Waals surface area contributed by atoms with Crippen molar-refractivity contribution in [2.75, 3.05) is 38.4 Å². The molecule has 0 radical (unpaired) electrons. The van der Waals surface area contributed by atoms with Gasteiger partial charge in [0.05, 0.1) is 30.0 Å². The van der Waals surface area contributed by atoms with Crippen LogP contribution >= 0.6 is 11.6 Å². The van der Waals surface area contributed by atoms with Crippen molar-refractivity contribution in [3.05, 3.63) is 28.7 Å². The molecule has 0 unspecified atom stereocenters. The number of esters is 1. The summed E-state index contributed by atoms with van der Waals surface area (Å²) in [5.74, 6) is -1.56. The van der Waals surface area contributed by atoms with Crippen molar-refractivity contribution in [3.63, 3.8) is 0 Å². The summed E-state index contributed by atoms with van der Waals surface area (Å²) < 4.78 is 24.9. The van der Waals surface area contributed by atoms with Crippen LogP contribution in [0.5, 0.6) is 5.75 Å². The number of benzene rings is 1. The Morgan fingerprint density at radius 3 is 2.60 bits per heavy atom. The van der Waals surface area contributed by atoms with E-state index in [9.17, 15) is 9.18 Å². The molecule has 2 N–H and O–H groups in total. The SMILES string of the molecule is CCOC(=O)c1nc(-c2ccc(Cl)c(N(C)C)c2F)nc(N)c1OC. The first-order chi connectivity index (χ1) is 11.8. The van der Waals surface area contributed by atoms with Gasteiger partial charge in [0.1, 0.15) is 0 Å². The van der Waals surface area contributed by atoms with Gasteiger partial charge in [-0.1, -0.05) is 11.6 Å². The second-order valence-corrected chi connectivity index (χ2v) is 5.59. The van der Waals surface area contributed by atoms with E-state index in [1.807, 2.05) is 0 Å². The molecule has 7 nitrogen and oxygen atoms in total. The van der Waals surface area contributed by atoms with Crippen molar-refractivity contribution in [1.82, 2.24) is 9.97 Å². The Labute approximate surface area is 149 Å². The fraction of sp³-hybridized carbons (Fsp3) is 0.312. The number of carbonyl (C=O) groups is 1. The predicted octanol–water partition coefficient (Wildman–Crippen LogP) is 2.77. The molecule has 0 fully saturated rings. The number of ether oxygens (including phenoxy) is 2. The van der Waals surface area contributed by atoms with Gasteiger partial charge >= 0.3 is 5.97 Å². The zero-order chi connectivity index (χ0) is 18.7. The highest BCUT2D eigenvalue weighted by atomic mass is 35.5. The maximum atomic E-state index is 14.9. The topological polar surface area (TPSA) is 90.6 Å². The molecule has 1 heterocycles. The third-order valence-electron chi connectivity index (χ3n) is 3.32. The van der Waals surface area contributed by atoms with Gasteiger partial charge in [0, 0.05) is 14.1 Å². The maximum absolute atomic E-state index is 14.9. The predicted molar refractivity (Wildman–Crippen MR) is 93.7 cm³/mol. The molecule has 1 aromatic heterocycles. The first-order valence-electron chi connectivity index (χ1n) is 7.36. The third-order valence-corrected chi connectivity index (χ3v) is 3.62. The zero-order valence-electron chi connectivity index (χ0n) is 14.3. The Morgan fingerprint density at radius 2 is 2.04 bits per heavy atom. The molecule has 2 aromatic rings. The normalized spacial score (nSPS) is 10.5. The van der Waals surface area contributed by atoms with Crippen LogP contribution in [0.3, 0.4) is 0 Å². The van der Waals surface area contributed by atoms with Crippen molar-refractivity contribution in [2.24, 2.45) is 0 Å². The van der Waals surface area contributed by atoms with Gasteiger partial charge in [0.15, 0.2) is 28.9 Å². The number of anilines is 2. The van der Waals surface area contributed by atoms with Gasteiger partial charge in [-0.05, 0) is 19.1 Å². The minimum atomic E-state index is -0.739. The standard InChI is InChI=1S/C16H18ClFN4O3/c1-5-25-16(23)11-13(24-4)14(19)21-15(20-11)8-6-7-9(17)12(10(8)18)22(2)3/h6-7H,5H2,1-4H3,(H2,19,20,21). The minimum absolute atomic E-state index is 0.0237. The summed E-state index contributed by atoms with van der Waals surface area (Å²) >= 11 is 6.04. The lowest BCUT2D eigenvalue weighted by Gasteiger charge is -2.17. The quantitative estimate of drug-likeness (QED) is 0.811. The van der Waals surface area contributed by atoms with E-state index in [-0.39, 0.29) is 46.0 Å². The number of rotatable bonds is 5. The van der Waals surface area contributed by atoms with Gasteiger partial charge in [-0.3, -0.25) is 0 Å². The number of nitrogens with zero attached hydrogens (tertiary/aromatic N) is 3. The molecule has 0 aliphatic carbocycles. The maximum Gasteiger partial charge on any atom is 0.361 e. The van der Waals surface area contributed by atoms with Gasteiger partial charge in [0.2, 0.25) is 0 Å². The van der Waals surface area contributed by atoms with E-state index in [1.165, 1.54) is 24.1 Å². The molecule has 134 valence electrons. The zero-order valence-corrected chi connectivity index (χ0v) is 15.0. The second-order valence-electron chi connectivity index (χ2n) is 5.19. The molecule has 0 atom stereocenters. The molecule has 2 rings (SSSR count). The fourth-order valence-corrected chi connectivity index (χ4v) is 2.57. The summed E-state index contributed by atoms with van der Waals surface area (Å²) in [7, 11) is 4.63. The van der Waals surface area contributed by atoms with Crippen molar-refractivity contribution in [1.29, 1.82) is 0 Å². The monoisotopic (exact) mass is 368 g/mol. The Hall–Kier alpha value is -2.61. The highest BCUT2D eigenvalue weighted by Crippen LogP contribution is 2.35. The highest BCUT2D eigenvalue weighted by molar-refractivity contribution is 6.33. The largest absolute Gasteiger partial charge is 0.491 e. The van der Waals surface area contributed by atoms with Crippen LogP contribution in [-0.2, 0) is 4.74 Å². The molecular formula is C16H18ClFN4O3. The molecule has 0 bridgehead atoms. The Morgan fingerprint density at radius 1 is 1.36 bits per heavy atom. The lowest BCUT2D eigenvalue weighted by atomic mass is 10.1. The molecule has 0 saturated heterocycles. The number of nitrogens with two attached hydrogens (primary N) is 1. The van der Waals surface area contributed by atoms with Crippen molar-refractivity contribution in [2.45, 2.75) is 6.92 Å². The summed E-state index contributed by atoms with van der Waals surface area (Å²) in [4.78, 5) is 21.8. The summed E-state index contributed by atoms with van der Waals surface area (Å²) in [5.41, 5.74) is 5.89. The smallest absolute Gasteiger partial charge is 0.361 e. The van der Waals surface area contributed by atoms with E-state index >= 15 is 0 Å². The average Bonchev–Trinajstić information content (AvgIpc) is 2.54. The first kappa shape index (κ1) is 18.7. The van der Waals surface area contributed by atoms with E-state index in [0.717, 1.165) is 0 Å². The van der Waals surface area contributed by atoms with Crippen LogP contribution in [0.15, 0.2) is 12.1 Å². The third kappa shape index (κ3) is 3.58. The van der Waals surface area contributed by atoms with Crippen molar-refractivity contribution < 1.29 is 18.7 Å². The van der Waals surface area contributed by atoms with E-state index < -0.39 is 11.8 Å². The summed E-state index contributed by atoms with van der Waals surface area (Å²) in [6.07, 6.45) is 0. The highest BCUT2D eigenvalue weighted by Gasteiger charge is 2.24. The molecule has 0 aliphatic rings. The van der Waals surface area contributed by atoms with Crippen LogP contribution in [0.25, 0.3) is 11.4 Å². The molecule has 1 aromatic carbocycles. The van der Waals surface area contributed by atoms with E-state index in [4.69, 9.17) is 26.8 Å². The van der Waals surface area contributed by atoms with Crippen molar-refractivity contribution in [3.8, 4) is 17.1 Å². The molecule has 25 heavy (non-hydrogen) atoms. The second kappa shape index (κ2) is 7.52. The fourth-order valence-electron chi connectivity index (χ4n) is 2.25. The van der Waals surface area contributed by atoms with Crippen LogP contribution in [0.4, 0.5) is 15.9 Å². The van der Waals surface area contributed by atoms with E-state index in [2.05, 4.69) is 9.97 Å². The molecule has 9 heteroatoms. The Bertz CT molecular complexity index is 814. The number of hydrogen-bond acceptors (Lipinski definition) is 7. The van der Waals surface area contributed by atoms with Gasteiger partial charge in [-0.2, -0.15) is 0 Å². The van der Waals surface area contributed by atoms with E-state index in [0.29, 0.717) is 0 Å².